The van der Waals surface area contributed by atoms with Gasteiger partial charge in [-0.25, -0.2) is 9.97 Å². The van der Waals surface area contributed by atoms with Crippen molar-refractivity contribution in [1.82, 2.24) is 9.97 Å². The molecule has 104 valence electrons. The van der Waals surface area contributed by atoms with E-state index in [2.05, 4.69) is 40.7 Å². The maximum Gasteiger partial charge on any atom is 0.586 e. The van der Waals surface area contributed by atoms with Crippen molar-refractivity contribution in [3.05, 3.63) is 34.7 Å². The molecule has 0 bridgehead atoms. The SMILES string of the molecule is Cc1nc(Br)cc(Nc2ccc3c(c2)OC(F)(F)O3)n1. The maximum atomic E-state index is 12.9. The number of anilines is 2. The molecule has 2 aromatic rings. The number of aryl methyl sites for hydroxylation is 1. The minimum atomic E-state index is -3.62. The highest BCUT2D eigenvalue weighted by atomic mass is 79.9. The van der Waals surface area contributed by atoms with Crippen molar-refractivity contribution in [3.63, 3.8) is 0 Å². The van der Waals surface area contributed by atoms with Crippen LogP contribution < -0.4 is 14.8 Å². The molecule has 3 rings (SSSR count). The van der Waals surface area contributed by atoms with Crippen molar-refractivity contribution in [2.45, 2.75) is 13.2 Å². The van der Waals surface area contributed by atoms with Crippen LogP contribution in [0.1, 0.15) is 5.82 Å². The highest BCUT2D eigenvalue weighted by Crippen LogP contribution is 2.42. The van der Waals surface area contributed by atoms with E-state index in [9.17, 15) is 8.78 Å². The molecule has 0 unspecified atom stereocenters. The first kappa shape index (κ1) is 13.0. The first-order chi connectivity index (χ1) is 9.41. The molecule has 1 N–H and O–H groups in total. The first-order valence-corrected chi connectivity index (χ1v) is 6.39. The summed E-state index contributed by atoms with van der Waals surface area (Å²) in [5.74, 6) is 1.09. The van der Waals surface area contributed by atoms with Gasteiger partial charge in [0.15, 0.2) is 11.5 Å². The summed E-state index contributed by atoms with van der Waals surface area (Å²) in [5.41, 5.74) is 0.551. The van der Waals surface area contributed by atoms with Crippen LogP contribution in [0.3, 0.4) is 0 Å². The van der Waals surface area contributed by atoms with Gasteiger partial charge in [0.2, 0.25) is 0 Å². The zero-order valence-corrected chi connectivity index (χ0v) is 11.7. The molecule has 0 atom stereocenters. The Hall–Kier alpha value is -1.96. The van der Waals surface area contributed by atoms with Crippen LogP contribution >= 0.6 is 15.9 Å². The van der Waals surface area contributed by atoms with Gasteiger partial charge in [0, 0.05) is 17.8 Å². The van der Waals surface area contributed by atoms with E-state index in [0.717, 1.165) is 0 Å². The van der Waals surface area contributed by atoms with E-state index >= 15 is 0 Å². The van der Waals surface area contributed by atoms with Crippen molar-refractivity contribution >= 4 is 27.4 Å². The third kappa shape index (κ3) is 2.64. The monoisotopic (exact) mass is 343 g/mol. The van der Waals surface area contributed by atoms with E-state index in [1.54, 1.807) is 19.1 Å². The molecule has 0 spiro atoms. The normalized spacial score (nSPS) is 15.2. The van der Waals surface area contributed by atoms with Crippen LogP contribution in [-0.2, 0) is 0 Å². The molecule has 1 aromatic carbocycles. The van der Waals surface area contributed by atoms with Crippen molar-refractivity contribution < 1.29 is 18.3 Å². The summed E-state index contributed by atoms with van der Waals surface area (Å²) in [6.07, 6.45) is -3.62. The van der Waals surface area contributed by atoms with Gasteiger partial charge in [-0.3, -0.25) is 0 Å². The minimum absolute atomic E-state index is 0.000554. The van der Waals surface area contributed by atoms with Crippen molar-refractivity contribution in [1.29, 1.82) is 0 Å². The van der Waals surface area contributed by atoms with Crippen molar-refractivity contribution in [2.75, 3.05) is 5.32 Å². The van der Waals surface area contributed by atoms with Gasteiger partial charge >= 0.3 is 6.29 Å². The number of hydrogen-bond acceptors (Lipinski definition) is 5. The second-order valence-corrected chi connectivity index (χ2v) is 4.89. The van der Waals surface area contributed by atoms with Crippen LogP contribution in [0.5, 0.6) is 11.5 Å². The molecule has 20 heavy (non-hydrogen) atoms. The molecule has 5 nitrogen and oxygen atoms in total. The van der Waals surface area contributed by atoms with Crippen LogP contribution in [0.25, 0.3) is 0 Å². The molecule has 2 heterocycles. The van der Waals surface area contributed by atoms with Crippen LogP contribution in [0.15, 0.2) is 28.9 Å². The number of benzene rings is 1. The number of nitrogens with zero attached hydrogens (tertiary/aromatic N) is 2. The van der Waals surface area contributed by atoms with E-state index in [1.807, 2.05) is 0 Å². The number of aromatic nitrogens is 2. The van der Waals surface area contributed by atoms with E-state index in [4.69, 9.17) is 0 Å². The Morgan fingerprint density at radius 2 is 1.90 bits per heavy atom. The van der Waals surface area contributed by atoms with E-state index in [0.29, 0.717) is 21.9 Å². The summed E-state index contributed by atoms with van der Waals surface area (Å²) in [5, 5.41) is 2.98. The van der Waals surface area contributed by atoms with E-state index in [1.165, 1.54) is 12.1 Å². The predicted octanol–water partition coefficient (Wildman–Crippen LogP) is 3.61. The fourth-order valence-electron chi connectivity index (χ4n) is 1.77. The third-order valence-electron chi connectivity index (χ3n) is 2.48. The number of nitrogens with one attached hydrogen (secondary N) is 1. The fraction of sp³-hybridized carbons (Fsp3) is 0.167. The molecule has 0 saturated carbocycles. The molecule has 1 aromatic heterocycles. The molecule has 0 fully saturated rings. The lowest BCUT2D eigenvalue weighted by molar-refractivity contribution is -0.286. The van der Waals surface area contributed by atoms with Crippen LogP contribution in [0.4, 0.5) is 20.3 Å². The quantitative estimate of drug-likeness (QED) is 0.844. The molecule has 0 saturated heterocycles. The van der Waals surface area contributed by atoms with Crippen molar-refractivity contribution in [2.24, 2.45) is 0 Å². The van der Waals surface area contributed by atoms with Gasteiger partial charge in [-0.1, -0.05) is 0 Å². The van der Waals surface area contributed by atoms with Crippen LogP contribution in [0, 0.1) is 6.92 Å². The van der Waals surface area contributed by atoms with E-state index < -0.39 is 6.29 Å². The number of ether oxygens (including phenoxy) is 2. The van der Waals surface area contributed by atoms with E-state index in [-0.39, 0.29) is 11.5 Å². The van der Waals surface area contributed by atoms with Crippen LogP contribution in [0.2, 0.25) is 0 Å². The lowest BCUT2D eigenvalue weighted by Crippen LogP contribution is -2.25. The first-order valence-electron chi connectivity index (χ1n) is 5.59. The zero-order chi connectivity index (χ0) is 14.3. The van der Waals surface area contributed by atoms with Gasteiger partial charge in [0.05, 0.1) is 0 Å². The summed E-state index contributed by atoms with van der Waals surface area (Å²) in [6, 6.07) is 6.09. The summed E-state index contributed by atoms with van der Waals surface area (Å²) in [6.45, 7) is 1.75. The Morgan fingerprint density at radius 3 is 2.65 bits per heavy atom. The fourth-order valence-corrected chi connectivity index (χ4v) is 2.24. The molecule has 1 aliphatic rings. The average molecular weight is 344 g/mol. The Morgan fingerprint density at radius 1 is 1.15 bits per heavy atom. The molecule has 0 amide bonds. The lowest BCUT2D eigenvalue weighted by Gasteiger charge is -2.07. The van der Waals surface area contributed by atoms with Crippen molar-refractivity contribution in [3.8, 4) is 11.5 Å². The number of alkyl halides is 2. The number of hydrogen-bond donors (Lipinski definition) is 1. The summed E-state index contributed by atoms with van der Waals surface area (Å²) < 4.78 is 35.1. The number of fused-ring (bicyclic) bond motifs is 1. The van der Waals surface area contributed by atoms with Gasteiger partial charge in [-0.05, 0) is 35.0 Å². The Labute approximate surface area is 121 Å². The average Bonchev–Trinajstić information content (AvgIpc) is 2.60. The molecule has 0 radical (unpaired) electrons. The third-order valence-corrected chi connectivity index (χ3v) is 2.89. The Kier molecular flexibility index (Phi) is 2.97. The minimum Gasteiger partial charge on any atom is -0.395 e. The molecular weight excluding hydrogens is 336 g/mol. The van der Waals surface area contributed by atoms with Gasteiger partial charge in [-0.15, -0.1) is 8.78 Å². The second kappa shape index (κ2) is 4.55. The highest BCUT2D eigenvalue weighted by Gasteiger charge is 2.43. The summed E-state index contributed by atoms with van der Waals surface area (Å²) in [4.78, 5) is 8.25. The largest absolute Gasteiger partial charge is 0.586 e. The lowest BCUT2D eigenvalue weighted by atomic mass is 10.3. The summed E-state index contributed by atoms with van der Waals surface area (Å²) >= 11 is 3.26. The smallest absolute Gasteiger partial charge is 0.395 e. The number of halogens is 3. The van der Waals surface area contributed by atoms with Gasteiger partial charge in [0.1, 0.15) is 16.2 Å². The number of rotatable bonds is 2. The topological polar surface area (TPSA) is 56.3 Å². The standard InChI is InChI=1S/C12H8BrF2N3O2/c1-6-16-10(13)5-11(17-6)18-7-2-3-8-9(4-7)20-12(14,15)19-8/h2-5H,1H3,(H,16,17,18). The maximum absolute atomic E-state index is 12.9. The molecule has 8 heteroatoms. The highest BCUT2D eigenvalue weighted by molar-refractivity contribution is 9.10. The molecule has 0 aliphatic carbocycles. The zero-order valence-electron chi connectivity index (χ0n) is 10.2. The Balaban J connectivity index is 1.86. The van der Waals surface area contributed by atoms with Gasteiger partial charge < -0.3 is 14.8 Å². The van der Waals surface area contributed by atoms with Gasteiger partial charge in [-0.2, -0.15) is 0 Å². The molecular formula is C12H8BrF2N3O2. The second-order valence-electron chi connectivity index (χ2n) is 4.08. The van der Waals surface area contributed by atoms with Crippen LogP contribution in [-0.4, -0.2) is 16.3 Å². The Bertz CT molecular complexity index is 661. The van der Waals surface area contributed by atoms with Gasteiger partial charge in [0.25, 0.3) is 0 Å². The molecule has 1 aliphatic heterocycles. The predicted molar refractivity (Wildman–Crippen MR) is 70.4 cm³/mol. The summed E-state index contributed by atoms with van der Waals surface area (Å²) in [7, 11) is 0.